The molecule has 0 saturated carbocycles. The summed E-state index contributed by atoms with van der Waals surface area (Å²) < 4.78 is 10.4. The molecule has 1 aromatic carbocycles. The Bertz CT molecular complexity index is 447. The number of hydrogen-bond acceptors (Lipinski definition) is 5. The highest BCUT2D eigenvalue weighted by Crippen LogP contribution is 2.32. The zero-order valence-corrected chi connectivity index (χ0v) is 11.3. The van der Waals surface area contributed by atoms with Crippen molar-refractivity contribution in [1.82, 2.24) is 0 Å². The van der Waals surface area contributed by atoms with Crippen LogP contribution in [0.1, 0.15) is 12.0 Å². The fraction of sp³-hybridized carbons (Fsp3) is 0.462. The summed E-state index contributed by atoms with van der Waals surface area (Å²) in [5, 5.41) is 21.1. The highest BCUT2D eigenvalue weighted by molar-refractivity contribution is 5.67. The van der Waals surface area contributed by atoms with Crippen molar-refractivity contribution < 1.29 is 24.5 Å². The van der Waals surface area contributed by atoms with E-state index in [1.165, 1.54) is 7.11 Å². The second-order valence-corrected chi connectivity index (χ2v) is 4.15. The van der Waals surface area contributed by atoms with Gasteiger partial charge in [0.05, 0.1) is 26.7 Å². The Morgan fingerprint density at radius 3 is 2.42 bits per heavy atom. The number of carboxylic acid groups (broad SMARTS) is 1. The maximum absolute atomic E-state index is 10.4. The molecule has 0 radical (unpaired) electrons. The van der Waals surface area contributed by atoms with Gasteiger partial charge in [0.2, 0.25) is 0 Å². The van der Waals surface area contributed by atoms with Crippen molar-refractivity contribution in [3.05, 3.63) is 17.7 Å². The minimum Gasteiger partial charge on any atom is -0.493 e. The zero-order valence-electron chi connectivity index (χ0n) is 11.3. The van der Waals surface area contributed by atoms with Crippen LogP contribution in [0.25, 0.3) is 0 Å². The van der Waals surface area contributed by atoms with E-state index in [9.17, 15) is 9.90 Å². The topological polar surface area (TPSA) is 88.0 Å². The number of ether oxygens (including phenoxy) is 2. The average Bonchev–Trinajstić information content (AvgIpc) is 2.36. The van der Waals surface area contributed by atoms with Crippen molar-refractivity contribution in [1.29, 1.82) is 0 Å². The minimum atomic E-state index is -1.03. The first-order valence-corrected chi connectivity index (χ1v) is 5.84. The first-order chi connectivity index (χ1) is 8.97. The molecule has 0 aliphatic heterocycles. The first-order valence-electron chi connectivity index (χ1n) is 5.84. The van der Waals surface area contributed by atoms with Gasteiger partial charge in [-0.2, -0.15) is 0 Å². The lowest BCUT2D eigenvalue weighted by Gasteiger charge is -2.16. The van der Waals surface area contributed by atoms with Crippen LogP contribution in [0.5, 0.6) is 11.5 Å². The first kappa shape index (κ1) is 15.1. The Morgan fingerprint density at radius 2 is 1.89 bits per heavy atom. The number of carboxylic acids is 1. The third-order valence-corrected chi connectivity index (χ3v) is 2.67. The Balaban J connectivity index is 2.75. The van der Waals surface area contributed by atoms with Crippen molar-refractivity contribution in [2.45, 2.75) is 19.4 Å². The number of nitrogens with one attached hydrogen (secondary N) is 1. The SMILES string of the molecule is COc1cc(C)c(NCC(O)CC(=O)O)cc1OC. The van der Waals surface area contributed by atoms with Gasteiger partial charge < -0.3 is 25.0 Å². The van der Waals surface area contributed by atoms with Gasteiger partial charge in [0.1, 0.15) is 0 Å². The molecule has 1 atom stereocenters. The largest absolute Gasteiger partial charge is 0.493 e. The lowest BCUT2D eigenvalue weighted by Crippen LogP contribution is -2.22. The predicted octanol–water partition coefficient (Wildman–Crippen LogP) is 1.26. The van der Waals surface area contributed by atoms with Crippen LogP contribution in [-0.2, 0) is 4.79 Å². The molecule has 0 bridgehead atoms. The van der Waals surface area contributed by atoms with Crippen LogP contribution >= 0.6 is 0 Å². The fourth-order valence-corrected chi connectivity index (χ4v) is 1.67. The number of aliphatic carboxylic acids is 1. The summed E-state index contributed by atoms with van der Waals surface area (Å²) in [6.07, 6.45) is -1.23. The molecule has 1 rings (SSSR count). The Kier molecular flexibility index (Phi) is 5.44. The molecule has 19 heavy (non-hydrogen) atoms. The van der Waals surface area contributed by atoms with Crippen molar-refractivity contribution >= 4 is 11.7 Å². The normalized spacial score (nSPS) is 11.8. The fourth-order valence-electron chi connectivity index (χ4n) is 1.67. The summed E-state index contributed by atoms with van der Waals surface area (Å²) in [4.78, 5) is 10.4. The van der Waals surface area contributed by atoms with Crippen molar-refractivity contribution in [3.63, 3.8) is 0 Å². The second-order valence-electron chi connectivity index (χ2n) is 4.15. The molecule has 106 valence electrons. The standard InChI is InChI=1S/C13H19NO5/c1-8-4-11(18-2)12(19-3)6-10(8)14-7-9(15)5-13(16)17/h4,6,9,14-15H,5,7H2,1-3H3,(H,16,17). The van der Waals surface area contributed by atoms with Crippen LogP contribution in [0.4, 0.5) is 5.69 Å². The molecule has 3 N–H and O–H groups in total. The van der Waals surface area contributed by atoms with Gasteiger partial charge in [-0.05, 0) is 18.6 Å². The van der Waals surface area contributed by atoms with E-state index in [-0.39, 0.29) is 13.0 Å². The van der Waals surface area contributed by atoms with Crippen LogP contribution in [-0.4, -0.2) is 43.1 Å². The number of aryl methyl sites for hydroxylation is 1. The van der Waals surface area contributed by atoms with Crippen LogP contribution in [0.15, 0.2) is 12.1 Å². The van der Waals surface area contributed by atoms with Gasteiger partial charge in [-0.15, -0.1) is 0 Å². The molecule has 0 heterocycles. The Labute approximate surface area is 112 Å². The van der Waals surface area contributed by atoms with Crippen molar-refractivity contribution in [2.75, 3.05) is 26.1 Å². The lowest BCUT2D eigenvalue weighted by molar-refractivity contribution is -0.138. The monoisotopic (exact) mass is 269 g/mol. The summed E-state index contributed by atoms with van der Waals surface area (Å²) in [5.74, 6) is 0.165. The number of methoxy groups -OCH3 is 2. The minimum absolute atomic E-state index is 0.155. The van der Waals surface area contributed by atoms with Crippen molar-refractivity contribution in [2.24, 2.45) is 0 Å². The van der Waals surface area contributed by atoms with Crippen molar-refractivity contribution in [3.8, 4) is 11.5 Å². The molecule has 1 unspecified atom stereocenters. The molecule has 6 heteroatoms. The zero-order chi connectivity index (χ0) is 14.4. The van der Waals surface area contributed by atoms with E-state index in [2.05, 4.69) is 5.32 Å². The van der Waals surface area contributed by atoms with Gasteiger partial charge in [-0.25, -0.2) is 0 Å². The highest BCUT2D eigenvalue weighted by Gasteiger charge is 2.12. The van der Waals surface area contributed by atoms with Gasteiger partial charge in [-0.3, -0.25) is 4.79 Å². The van der Waals surface area contributed by atoms with E-state index < -0.39 is 12.1 Å². The van der Waals surface area contributed by atoms with Gasteiger partial charge in [-0.1, -0.05) is 0 Å². The van der Waals surface area contributed by atoms with E-state index in [1.54, 1.807) is 13.2 Å². The van der Waals surface area contributed by atoms with Gasteiger partial charge in [0.15, 0.2) is 11.5 Å². The highest BCUT2D eigenvalue weighted by atomic mass is 16.5. The number of hydrogen-bond donors (Lipinski definition) is 3. The van der Waals surface area contributed by atoms with E-state index in [0.29, 0.717) is 11.5 Å². The maximum Gasteiger partial charge on any atom is 0.306 e. The molecular weight excluding hydrogens is 250 g/mol. The number of aliphatic hydroxyl groups excluding tert-OH is 1. The molecule has 0 aliphatic carbocycles. The molecule has 0 aliphatic rings. The van der Waals surface area contributed by atoms with Crippen LogP contribution in [0, 0.1) is 6.92 Å². The maximum atomic E-state index is 10.4. The molecular formula is C13H19NO5. The quantitative estimate of drug-likeness (QED) is 0.690. The number of aliphatic hydroxyl groups is 1. The number of anilines is 1. The molecule has 1 aromatic rings. The smallest absolute Gasteiger partial charge is 0.306 e. The summed E-state index contributed by atoms with van der Waals surface area (Å²) in [6.45, 7) is 2.04. The molecule has 6 nitrogen and oxygen atoms in total. The third-order valence-electron chi connectivity index (χ3n) is 2.67. The Morgan fingerprint density at radius 1 is 1.32 bits per heavy atom. The van der Waals surface area contributed by atoms with Crippen LogP contribution in [0.2, 0.25) is 0 Å². The number of carbonyl (C=O) groups is 1. The second kappa shape index (κ2) is 6.84. The van der Waals surface area contributed by atoms with Gasteiger partial charge in [0, 0.05) is 18.3 Å². The predicted molar refractivity (Wildman–Crippen MR) is 71.0 cm³/mol. The summed E-state index contributed by atoms with van der Waals surface area (Å²) in [5.41, 5.74) is 1.68. The third kappa shape index (κ3) is 4.33. The lowest BCUT2D eigenvalue weighted by atomic mass is 10.1. The summed E-state index contributed by atoms with van der Waals surface area (Å²) in [7, 11) is 3.09. The average molecular weight is 269 g/mol. The van der Waals surface area contributed by atoms with E-state index in [1.807, 2.05) is 13.0 Å². The number of rotatable bonds is 7. The van der Waals surface area contributed by atoms with E-state index in [4.69, 9.17) is 14.6 Å². The number of benzene rings is 1. The van der Waals surface area contributed by atoms with Crippen LogP contribution in [0.3, 0.4) is 0 Å². The molecule has 0 spiro atoms. The summed E-state index contributed by atoms with van der Waals surface area (Å²) in [6, 6.07) is 3.56. The van der Waals surface area contributed by atoms with Crippen LogP contribution < -0.4 is 14.8 Å². The van der Waals surface area contributed by atoms with E-state index in [0.717, 1.165) is 11.3 Å². The van der Waals surface area contributed by atoms with Gasteiger partial charge >= 0.3 is 5.97 Å². The van der Waals surface area contributed by atoms with E-state index >= 15 is 0 Å². The molecule has 0 saturated heterocycles. The molecule has 0 aromatic heterocycles. The molecule has 0 fully saturated rings. The summed E-state index contributed by atoms with van der Waals surface area (Å²) >= 11 is 0. The Hall–Kier alpha value is -1.95. The van der Waals surface area contributed by atoms with Gasteiger partial charge in [0.25, 0.3) is 0 Å². The molecule has 0 amide bonds.